The van der Waals surface area contributed by atoms with Crippen LogP contribution in [0.25, 0.3) is 5.57 Å². The van der Waals surface area contributed by atoms with Gasteiger partial charge in [0, 0.05) is 11.5 Å². The van der Waals surface area contributed by atoms with Gasteiger partial charge in [-0.1, -0.05) is 31.2 Å². The minimum Gasteiger partial charge on any atom is -0.390 e. The molecule has 0 amide bonds. The Morgan fingerprint density at radius 1 is 1.41 bits per heavy atom. The van der Waals surface area contributed by atoms with Gasteiger partial charge in [-0.2, -0.15) is 0 Å². The number of aliphatic hydroxyl groups excluding tert-OH is 1. The number of alkyl halides is 2. The standard InChI is InChI=1S/C13H15F3O/c1-9(7-10(2)13(15,16)8-17)11-5-3-4-6-12(11)14/h3-7,10,17H,8H2,1-2H3/b9-7+/t10-/m0/s1. The van der Waals surface area contributed by atoms with E-state index in [4.69, 9.17) is 5.11 Å². The van der Waals surface area contributed by atoms with Gasteiger partial charge in [0.1, 0.15) is 12.4 Å². The van der Waals surface area contributed by atoms with Crippen LogP contribution in [0.5, 0.6) is 0 Å². The molecular weight excluding hydrogens is 229 g/mol. The van der Waals surface area contributed by atoms with E-state index >= 15 is 0 Å². The van der Waals surface area contributed by atoms with Gasteiger partial charge >= 0.3 is 0 Å². The summed E-state index contributed by atoms with van der Waals surface area (Å²) in [7, 11) is 0. The van der Waals surface area contributed by atoms with Crippen molar-refractivity contribution in [2.24, 2.45) is 5.92 Å². The minimum absolute atomic E-state index is 0.299. The first-order valence-corrected chi connectivity index (χ1v) is 5.30. The van der Waals surface area contributed by atoms with Crippen molar-refractivity contribution in [2.75, 3.05) is 6.61 Å². The van der Waals surface area contributed by atoms with Crippen LogP contribution in [0.2, 0.25) is 0 Å². The molecule has 0 spiro atoms. The molecule has 1 N–H and O–H groups in total. The zero-order chi connectivity index (χ0) is 13.1. The monoisotopic (exact) mass is 244 g/mol. The SMILES string of the molecule is C/C(=C\[C@H](C)C(F)(F)CO)c1ccccc1F. The quantitative estimate of drug-likeness (QED) is 0.859. The molecule has 1 nitrogen and oxygen atoms in total. The topological polar surface area (TPSA) is 20.2 Å². The average Bonchev–Trinajstić information content (AvgIpc) is 2.29. The lowest BCUT2D eigenvalue weighted by molar-refractivity contribution is -0.0778. The maximum atomic E-state index is 13.4. The summed E-state index contributed by atoms with van der Waals surface area (Å²) in [5.74, 6) is -4.78. The Bertz CT molecular complexity index is 413. The van der Waals surface area contributed by atoms with Crippen LogP contribution in [-0.4, -0.2) is 17.6 Å². The fourth-order valence-electron chi connectivity index (χ4n) is 1.51. The van der Waals surface area contributed by atoms with Crippen LogP contribution in [0, 0.1) is 11.7 Å². The van der Waals surface area contributed by atoms with Gasteiger partial charge in [0.05, 0.1) is 0 Å². The molecular formula is C13H15F3O. The van der Waals surface area contributed by atoms with Crippen molar-refractivity contribution in [2.45, 2.75) is 19.8 Å². The smallest absolute Gasteiger partial charge is 0.276 e. The van der Waals surface area contributed by atoms with Gasteiger partial charge in [0.25, 0.3) is 5.92 Å². The minimum atomic E-state index is -3.19. The van der Waals surface area contributed by atoms with Crippen LogP contribution in [-0.2, 0) is 0 Å². The van der Waals surface area contributed by atoms with Crippen LogP contribution in [0.1, 0.15) is 19.4 Å². The molecule has 94 valence electrons. The third kappa shape index (κ3) is 3.33. The number of allylic oxidation sites excluding steroid dienone is 2. The summed E-state index contributed by atoms with van der Waals surface area (Å²) in [5, 5.41) is 8.55. The Kier molecular flexibility index (Phi) is 4.34. The fourth-order valence-corrected chi connectivity index (χ4v) is 1.51. The van der Waals surface area contributed by atoms with Crippen LogP contribution in [0.4, 0.5) is 13.2 Å². The van der Waals surface area contributed by atoms with E-state index in [1.807, 2.05) is 0 Å². The summed E-state index contributed by atoms with van der Waals surface area (Å²) >= 11 is 0. The fraction of sp³-hybridized carbons (Fsp3) is 0.385. The van der Waals surface area contributed by atoms with E-state index in [1.165, 1.54) is 31.2 Å². The highest BCUT2D eigenvalue weighted by Crippen LogP contribution is 2.28. The molecule has 1 atom stereocenters. The lowest BCUT2D eigenvalue weighted by Crippen LogP contribution is -2.29. The second-order valence-corrected chi connectivity index (χ2v) is 4.04. The summed E-state index contributed by atoms with van der Waals surface area (Å²) in [4.78, 5) is 0. The predicted molar refractivity (Wildman–Crippen MR) is 61.2 cm³/mol. The number of rotatable bonds is 4. The lowest BCUT2D eigenvalue weighted by Gasteiger charge is -2.19. The highest BCUT2D eigenvalue weighted by atomic mass is 19.3. The van der Waals surface area contributed by atoms with Crippen molar-refractivity contribution in [1.29, 1.82) is 0 Å². The molecule has 0 aliphatic heterocycles. The average molecular weight is 244 g/mol. The summed E-state index contributed by atoms with van der Waals surface area (Å²) in [6.07, 6.45) is 1.27. The van der Waals surface area contributed by atoms with Crippen molar-refractivity contribution >= 4 is 5.57 Å². The van der Waals surface area contributed by atoms with Crippen molar-refractivity contribution in [3.05, 3.63) is 41.7 Å². The molecule has 0 aromatic heterocycles. The highest BCUT2D eigenvalue weighted by Gasteiger charge is 2.34. The van der Waals surface area contributed by atoms with Gasteiger partial charge in [-0.25, -0.2) is 13.2 Å². The number of aliphatic hydroxyl groups is 1. The van der Waals surface area contributed by atoms with Crippen molar-refractivity contribution in [3.8, 4) is 0 Å². The Morgan fingerprint density at radius 2 is 2.00 bits per heavy atom. The van der Waals surface area contributed by atoms with E-state index < -0.39 is 24.3 Å². The Morgan fingerprint density at radius 3 is 2.53 bits per heavy atom. The van der Waals surface area contributed by atoms with E-state index in [0.29, 0.717) is 11.1 Å². The zero-order valence-corrected chi connectivity index (χ0v) is 9.75. The maximum Gasteiger partial charge on any atom is 0.276 e. The third-order valence-corrected chi connectivity index (χ3v) is 2.68. The number of benzene rings is 1. The second kappa shape index (κ2) is 5.36. The first kappa shape index (κ1) is 13.8. The lowest BCUT2D eigenvalue weighted by atomic mass is 9.97. The first-order valence-electron chi connectivity index (χ1n) is 5.30. The molecule has 0 radical (unpaired) electrons. The highest BCUT2D eigenvalue weighted by molar-refractivity contribution is 5.64. The number of hydrogen-bond acceptors (Lipinski definition) is 1. The van der Waals surface area contributed by atoms with Crippen LogP contribution < -0.4 is 0 Å². The van der Waals surface area contributed by atoms with Crippen LogP contribution in [0.3, 0.4) is 0 Å². The normalized spacial score (nSPS) is 14.8. The Hall–Kier alpha value is -1.29. The summed E-state index contributed by atoms with van der Waals surface area (Å²) in [5.41, 5.74) is 0.733. The molecule has 1 rings (SSSR count). The first-order chi connectivity index (χ1) is 7.88. The van der Waals surface area contributed by atoms with Gasteiger partial charge in [-0.05, 0) is 18.6 Å². The Labute approximate surface area is 98.6 Å². The molecule has 0 saturated heterocycles. The van der Waals surface area contributed by atoms with Crippen molar-refractivity contribution in [3.63, 3.8) is 0 Å². The molecule has 0 unspecified atom stereocenters. The molecule has 1 aromatic rings. The summed E-state index contributed by atoms with van der Waals surface area (Å²) < 4.78 is 39.7. The van der Waals surface area contributed by atoms with Gasteiger partial charge < -0.3 is 5.11 Å². The molecule has 1 aromatic carbocycles. The van der Waals surface area contributed by atoms with E-state index in [0.717, 1.165) is 0 Å². The van der Waals surface area contributed by atoms with E-state index in [2.05, 4.69) is 0 Å². The summed E-state index contributed by atoms with van der Waals surface area (Å²) in [6.45, 7) is 1.65. The van der Waals surface area contributed by atoms with Gasteiger partial charge in [0.15, 0.2) is 0 Å². The van der Waals surface area contributed by atoms with Gasteiger partial charge in [0.2, 0.25) is 0 Å². The van der Waals surface area contributed by atoms with Crippen molar-refractivity contribution in [1.82, 2.24) is 0 Å². The van der Waals surface area contributed by atoms with E-state index in [1.54, 1.807) is 13.0 Å². The number of halogens is 3. The number of hydrogen-bond donors (Lipinski definition) is 1. The molecule has 4 heteroatoms. The largest absolute Gasteiger partial charge is 0.390 e. The zero-order valence-electron chi connectivity index (χ0n) is 9.75. The molecule has 0 fully saturated rings. The molecule has 0 aliphatic rings. The molecule has 0 saturated carbocycles. The van der Waals surface area contributed by atoms with E-state index in [-0.39, 0.29) is 0 Å². The molecule has 17 heavy (non-hydrogen) atoms. The third-order valence-electron chi connectivity index (χ3n) is 2.68. The Balaban J connectivity index is 2.98. The summed E-state index contributed by atoms with van der Waals surface area (Å²) in [6, 6.07) is 6.00. The van der Waals surface area contributed by atoms with Gasteiger partial charge in [-0.3, -0.25) is 0 Å². The molecule has 0 heterocycles. The molecule has 0 aliphatic carbocycles. The van der Waals surface area contributed by atoms with Crippen LogP contribution in [0.15, 0.2) is 30.3 Å². The van der Waals surface area contributed by atoms with Crippen LogP contribution >= 0.6 is 0 Å². The maximum absolute atomic E-state index is 13.4. The second-order valence-electron chi connectivity index (χ2n) is 4.04. The van der Waals surface area contributed by atoms with Crippen molar-refractivity contribution < 1.29 is 18.3 Å². The van der Waals surface area contributed by atoms with E-state index in [9.17, 15) is 13.2 Å². The van der Waals surface area contributed by atoms with Gasteiger partial charge in [-0.15, -0.1) is 0 Å². The predicted octanol–water partition coefficient (Wildman–Crippen LogP) is 3.49. The molecule has 0 bridgehead atoms.